The van der Waals surface area contributed by atoms with Crippen molar-refractivity contribution in [2.24, 2.45) is 0 Å². The molecule has 62 heavy (non-hydrogen) atoms. The van der Waals surface area contributed by atoms with Gasteiger partial charge in [-0.1, -0.05) is 60.7 Å². The molecule has 1 saturated heterocycles. The number of nitrogens with zero attached hydrogens (tertiary/aromatic N) is 3. The summed E-state index contributed by atoms with van der Waals surface area (Å²) >= 11 is 0. The molecule has 0 saturated carbocycles. The van der Waals surface area contributed by atoms with Gasteiger partial charge in [-0.05, 0) is 102 Å². The maximum absolute atomic E-state index is 13.8. The number of urea groups is 3. The molecule has 1 aliphatic rings. The number of imide groups is 2. The largest absolute Gasteiger partial charge is 1.00 e. The van der Waals surface area contributed by atoms with Gasteiger partial charge in [0.2, 0.25) is 0 Å². The number of rotatable bonds is 10. The van der Waals surface area contributed by atoms with Gasteiger partial charge >= 0.3 is 42.6 Å². The zero-order valence-corrected chi connectivity index (χ0v) is 32.6. The fraction of sp³-hybridized carbons (Fsp3) is 0. The third kappa shape index (κ3) is 10.2. The maximum Gasteiger partial charge on any atom is 1.00 e. The van der Waals surface area contributed by atoms with Crippen LogP contribution < -0.4 is 66.7 Å². The number of carbonyl (C=O) groups excluding carboxylic acids is 5. The maximum atomic E-state index is 13.8. The van der Waals surface area contributed by atoms with Crippen LogP contribution in [-0.2, 0) is 9.59 Å². The van der Waals surface area contributed by atoms with E-state index in [0.717, 1.165) is 9.47 Å². The summed E-state index contributed by atoms with van der Waals surface area (Å²) in [6, 6.07) is 30.1. The Labute approximate surface area is 363 Å². The number of nitrogens with one attached hydrogen (secondary N) is 6. The molecule has 0 spiro atoms. The van der Waals surface area contributed by atoms with Crippen LogP contribution in [0.25, 0.3) is 17.3 Å². The normalized spacial score (nSPS) is 13.3. The molecule has 0 aliphatic carbocycles. The van der Waals surface area contributed by atoms with E-state index in [1.165, 1.54) is 73.1 Å². The van der Waals surface area contributed by atoms with E-state index in [1.807, 2.05) is 0 Å². The standard InChI is InChI=1S/C44H33N9O8.Li/c54-37-35(39(56)52(43(60)50-37)33-15-7-13-31(25-33)48-41(58)46-29-9-3-1-4-10-29)19-17-27(28-21-23-45-24-22-28)18-20-36-38(55)51-44(61)53(40(36)57)34-16-8-14-32(26-34)49-42(59)47-30-11-5-2-6-12-30;/h1-26,54H,(H,50,60)(H2,46,48,58)(H2,47,49,59)(H,51,55,61);/q;+1/p-1/b19-17+,27-18-,36-20-;. The van der Waals surface area contributed by atoms with E-state index >= 15 is 0 Å². The predicted octanol–water partition coefficient (Wildman–Crippen LogP) is 2.59. The van der Waals surface area contributed by atoms with E-state index < -0.39 is 58.2 Å². The number of hydrogen-bond acceptors (Lipinski definition) is 9. The number of pyridine rings is 1. The second-order valence-corrected chi connectivity index (χ2v) is 13.0. The Balaban J connectivity index is 0.00000641. The van der Waals surface area contributed by atoms with Crippen molar-refractivity contribution in [2.75, 3.05) is 26.2 Å². The van der Waals surface area contributed by atoms with E-state index in [1.54, 1.807) is 84.9 Å². The monoisotopic (exact) mass is 821 g/mol. The minimum Gasteiger partial charge on any atom is -0.860 e. The van der Waals surface area contributed by atoms with Gasteiger partial charge in [-0.25, -0.2) is 28.6 Å². The van der Waals surface area contributed by atoms with Crippen LogP contribution in [0.4, 0.5) is 42.8 Å². The van der Waals surface area contributed by atoms with E-state index in [0.29, 0.717) is 16.9 Å². The molecule has 1 fully saturated rings. The average molecular weight is 822 g/mol. The van der Waals surface area contributed by atoms with Crippen molar-refractivity contribution in [3.63, 3.8) is 0 Å². The summed E-state index contributed by atoms with van der Waals surface area (Å²) in [6.45, 7) is 0. The van der Waals surface area contributed by atoms with E-state index in [2.05, 4.69) is 36.6 Å². The van der Waals surface area contributed by atoms with Crippen LogP contribution in [0.1, 0.15) is 11.1 Å². The molecule has 0 radical (unpaired) electrons. The summed E-state index contributed by atoms with van der Waals surface area (Å²) in [5.41, 5.74) is -0.467. The first-order chi connectivity index (χ1) is 29.5. The molecule has 4 aromatic carbocycles. The molecule has 6 aromatic rings. The molecule has 0 atom stereocenters. The predicted molar refractivity (Wildman–Crippen MR) is 227 cm³/mol. The van der Waals surface area contributed by atoms with E-state index in [9.17, 15) is 38.7 Å². The fourth-order valence-corrected chi connectivity index (χ4v) is 6.04. The van der Waals surface area contributed by atoms with Crippen LogP contribution in [0.5, 0.6) is 5.88 Å². The third-order valence-corrected chi connectivity index (χ3v) is 8.86. The van der Waals surface area contributed by atoms with Gasteiger partial charge in [-0.2, -0.15) is 0 Å². The molecule has 0 unspecified atom stereocenters. The van der Waals surface area contributed by atoms with E-state index in [-0.39, 0.29) is 47.2 Å². The zero-order chi connectivity index (χ0) is 42.9. The first-order valence-corrected chi connectivity index (χ1v) is 18.3. The van der Waals surface area contributed by atoms with Gasteiger partial charge in [0.25, 0.3) is 17.4 Å². The minimum absolute atomic E-state index is 0. The first kappa shape index (κ1) is 43.1. The van der Waals surface area contributed by atoms with Crippen LogP contribution in [0.3, 0.4) is 0 Å². The number of para-hydroxylation sites is 2. The molecule has 6 N–H and O–H groups in total. The topological polar surface area (TPSA) is 240 Å². The average Bonchev–Trinajstić information content (AvgIpc) is 3.23. The number of aromatic nitrogens is 3. The molecular formula is C44H32LiN9O8. The van der Waals surface area contributed by atoms with Crippen molar-refractivity contribution < 1.29 is 47.9 Å². The summed E-state index contributed by atoms with van der Waals surface area (Å²) in [6.07, 6.45) is 8.00. The Morgan fingerprint density at radius 2 is 1.19 bits per heavy atom. The number of amides is 8. The Bertz CT molecular complexity index is 2900. The summed E-state index contributed by atoms with van der Waals surface area (Å²) in [5.74, 6) is -2.96. The quantitative estimate of drug-likeness (QED) is 0.0515. The SMILES string of the molecule is O=C(Nc1ccccc1)Nc1cccc(N2C(=O)NC(=O)/C(=C/C=C(/C=C/c3c([O-])[nH]c(=O)n(-c4cccc(NC(=O)Nc5ccccc5)c4)c3=O)c3ccncc3)C2=O)c1.[Li+]. The number of aromatic amines is 1. The van der Waals surface area contributed by atoms with Gasteiger partial charge in [0.15, 0.2) is 0 Å². The van der Waals surface area contributed by atoms with Crippen molar-refractivity contribution in [1.29, 1.82) is 0 Å². The number of barbiturate groups is 1. The number of H-pyrrole nitrogens is 1. The smallest absolute Gasteiger partial charge is 0.860 e. The molecule has 0 bridgehead atoms. The number of hydrogen-bond donors (Lipinski definition) is 6. The summed E-state index contributed by atoms with van der Waals surface area (Å²) in [7, 11) is 0. The molecule has 18 heteroatoms. The Morgan fingerprint density at radius 1 is 0.661 bits per heavy atom. The Morgan fingerprint density at radius 3 is 1.79 bits per heavy atom. The first-order valence-electron chi connectivity index (χ1n) is 18.3. The van der Waals surface area contributed by atoms with Crippen molar-refractivity contribution in [1.82, 2.24) is 19.9 Å². The number of allylic oxidation sites excluding steroid dienone is 4. The van der Waals surface area contributed by atoms with Gasteiger partial charge in [-0.3, -0.25) is 24.7 Å². The molecule has 7 rings (SSSR count). The van der Waals surface area contributed by atoms with Gasteiger partial charge in [-0.15, -0.1) is 0 Å². The second-order valence-electron chi connectivity index (χ2n) is 13.0. The van der Waals surface area contributed by atoms with E-state index in [4.69, 9.17) is 0 Å². The molecule has 3 heterocycles. The van der Waals surface area contributed by atoms with Crippen molar-refractivity contribution in [2.45, 2.75) is 0 Å². The number of anilines is 5. The Kier molecular flexibility index (Phi) is 13.5. The molecule has 302 valence electrons. The molecule has 2 aromatic heterocycles. The van der Waals surface area contributed by atoms with Gasteiger partial charge in [0.05, 0.1) is 11.4 Å². The van der Waals surface area contributed by atoms with Gasteiger partial charge in [0, 0.05) is 40.7 Å². The van der Waals surface area contributed by atoms with Crippen LogP contribution in [-0.4, -0.2) is 44.4 Å². The van der Waals surface area contributed by atoms with Crippen LogP contribution >= 0.6 is 0 Å². The summed E-state index contributed by atoms with van der Waals surface area (Å²) in [4.78, 5) is 98.7. The number of carbonyl (C=O) groups is 5. The van der Waals surface area contributed by atoms with Crippen LogP contribution in [0.2, 0.25) is 0 Å². The third-order valence-electron chi connectivity index (χ3n) is 8.86. The van der Waals surface area contributed by atoms with Crippen LogP contribution in [0.15, 0.2) is 167 Å². The molecule has 1 aliphatic heterocycles. The molecule has 8 amide bonds. The second kappa shape index (κ2) is 19.5. The zero-order valence-electron chi connectivity index (χ0n) is 32.6. The number of benzene rings is 4. The summed E-state index contributed by atoms with van der Waals surface area (Å²) < 4.78 is 0.732. The van der Waals surface area contributed by atoms with Crippen molar-refractivity contribution >= 4 is 70.0 Å². The molecule has 17 nitrogen and oxygen atoms in total. The Hall–Kier alpha value is -8.52. The minimum atomic E-state index is -1.02. The van der Waals surface area contributed by atoms with Crippen LogP contribution in [0, 0.1) is 0 Å². The van der Waals surface area contributed by atoms with Crippen molar-refractivity contribution in [3.8, 4) is 11.6 Å². The molecular weight excluding hydrogens is 789 g/mol. The van der Waals surface area contributed by atoms with Crippen molar-refractivity contribution in [3.05, 3.63) is 189 Å². The summed E-state index contributed by atoms with van der Waals surface area (Å²) in [5, 5.41) is 25.8. The van der Waals surface area contributed by atoms with Gasteiger partial charge in [0.1, 0.15) is 5.57 Å². The van der Waals surface area contributed by atoms with Gasteiger partial charge < -0.3 is 31.4 Å². The fourth-order valence-electron chi connectivity index (χ4n) is 6.04.